The Balaban J connectivity index is 2.43. The molecule has 1 rings (SSSR count). The Kier molecular flexibility index (Phi) is 5.60. The summed E-state index contributed by atoms with van der Waals surface area (Å²) in [6, 6.07) is 3.25. The molecule has 1 aromatic carbocycles. The summed E-state index contributed by atoms with van der Waals surface area (Å²) < 4.78 is 26.4. The minimum atomic E-state index is -0.887. The molecule has 0 aliphatic rings. The molecular formula is C11H12F2N4O. The first-order valence-electron chi connectivity index (χ1n) is 5.40. The standard InChI is InChI=1S/C11H12F2N4O/c12-8-4-3-5-9(13)10(8)11(18)15-6-1-2-7-16-17-14/h3-5H,1-2,6-7H2,(H,15,18). The molecule has 0 heterocycles. The van der Waals surface area contributed by atoms with E-state index >= 15 is 0 Å². The number of rotatable bonds is 6. The quantitative estimate of drug-likeness (QED) is 0.360. The zero-order chi connectivity index (χ0) is 13.4. The van der Waals surface area contributed by atoms with E-state index < -0.39 is 23.1 Å². The van der Waals surface area contributed by atoms with Crippen molar-refractivity contribution >= 4 is 5.91 Å². The highest BCUT2D eigenvalue weighted by atomic mass is 19.1. The number of nitrogens with one attached hydrogen (secondary N) is 1. The molecule has 0 aromatic heterocycles. The van der Waals surface area contributed by atoms with Crippen molar-refractivity contribution in [1.29, 1.82) is 0 Å². The van der Waals surface area contributed by atoms with E-state index in [0.29, 0.717) is 19.4 Å². The van der Waals surface area contributed by atoms with Gasteiger partial charge in [-0.2, -0.15) is 0 Å². The molecule has 18 heavy (non-hydrogen) atoms. The van der Waals surface area contributed by atoms with E-state index in [1.165, 1.54) is 6.07 Å². The molecule has 96 valence electrons. The fourth-order valence-electron chi connectivity index (χ4n) is 1.36. The Bertz CT molecular complexity index is 452. The van der Waals surface area contributed by atoms with Gasteiger partial charge < -0.3 is 5.32 Å². The summed E-state index contributed by atoms with van der Waals surface area (Å²) in [4.78, 5) is 14.1. The lowest BCUT2D eigenvalue weighted by Crippen LogP contribution is -2.26. The minimum absolute atomic E-state index is 0.271. The molecule has 1 aromatic rings. The number of hydrogen-bond acceptors (Lipinski definition) is 2. The van der Waals surface area contributed by atoms with Crippen molar-refractivity contribution in [3.63, 3.8) is 0 Å². The van der Waals surface area contributed by atoms with Crippen molar-refractivity contribution in [2.45, 2.75) is 12.8 Å². The summed E-state index contributed by atoms with van der Waals surface area (Å²) in [5.74, 6) is -2.56. The van der Waals surface area contributed by atoms with Crippen LogP contribution in [0.25, 0.3) is 10.4 Å². The Labute approximate surface area is 102 Å². The molecule has 5 nitrogen and oxygen atoms in total. The largest absolute Gasteiger partial charge is 0.352 e. The van der Waals surface area contributed by atoms with Crippen LogP contribution < -0.4 is 5.32 Å². The molecule has 0 radical (unpaired) electrons. The molecule has 0 saturated carbocycles. The second-order valence-corrected chi connectivity index (χ2v) is 3.51. The van der Waals surface area contributed by atoms with Gasteiger partial charge in [-0.15, -0.1) is 0 Å². The normalized spacial score (nSPS) is 9.67. The molecule has 0 aliphatic heterocycles. The first-order chi connectivity index (χ1) is 8.66. The van der Waals surface area contributed by atoms with Gasteiger partial charge in [0.15, 0.2) is 0 Å². The number of azide groups is 1. The number of halogens is 2. The SMILES string of the molecule is [N-]=[N+]=NCCCCNC(=O)c1c(F)cccc1F. The minimum Gasteiger partial charge on any atom is -0.352 e. The van der Waals surface area contributed by atoms with E-state index in [0.717, 1.165) is 12.1 Å². The van der Waals surface area contributed by atoms with Crippen molar-refractivity contribution in [2.75, 3.05) is 13.1 Å². The van der Waals surface area contributed by atoms with Crippen molar-refractivity contribution < 1.29 is 13.6 Å². The number of benzene rings is 1. The van der Waals surface area contributed by atoms with Gasteiger partial charge in [-0.25, -0.2) is 8.78 Å². The topological polar surface area (TPSA) is 77.9 Å². The van der Waals surface area contributed by atoms with E-state index in [-0.39, 0.29) is 6.54 Å². The zero-order valence-electron chi connectivity index (χ0n) is 9.57. The fourth-order valence-corrected chi connectivity index (χ4v) is 1.36. The average Bonchev–Trinajstić information content (AvgIpc) is 2.33. The lowest BCUT2D eigenvalue weighted by molar-refractivity contribution is 0.0944. The number of carbonyl (C=O) groups is 1. The van der Waals surface area contributed by atoms with E-state index in [9.17, 15) is 13.6 Å². The second kappa shape index (κ2) is 7.24. The molecule has 0 saturated heterocycles. The van der Waals surface area contributed by atoms with E-state index in [4.69, 9.17) is 5.53 Å². The Hall–Kier alpha value is -2.14. The van der Waals surface area contributed by atoms with Crippen LogP contribution in [0.15, 0.2) is 23.3 Å². The molecule has 0 spiro atoms. The van der Waals surface area contributed by atoms with Crippen molar-refractivity contribution in [2.24, 2.45) is 5.11 Å². The number of amides is 1. The third-order valence-electron chi connectivity index (χ3n) is 2.22. The monoisotopic (exact) mass is 254 g/mol. The van der Waals surface area contributed by atoms with E-state index in [1.807, 2.05) is 0 Å². The third kappa shape index (κ3) is 4.03. The summed E-state index contributed by atoms with van der Waals surface area (Å²) >= 11 is 0. The maximum atomic E-state index is 13.2. The lowest BCUT2D eigenvalue weighted by Gasteiger charge is -2.06. The maximum Gasteiger partial charge on any atom is 0.257 e. The first-order valence-corrected chi connectivity index (χ1v) is 5.40. The molecule has 1 amide bonds. The zero-order valence-corrected chi connectivity index (χ0v) is 9.57. The van der Waals surface area contributed by atoms with Crippen LogP contribution in [0.4, 0.5) is 8.78 Å². The van der Waals surface area contributed by atoms with Gasteiger partial charge >= 0.3 is 0 Å². The Morgan fingerprint density at radius 1 is 1.33 bits per heavy atom. The Morgan fingerprint density at radius 3 is 2.61 bits per heavy atom. The predicted octanol–water partition coefficient (Wildman–Crippen LogP) is 2.79. The number of hydrogen-bond donors (Lipinski definition) is 1. The van der Waals surface area contributed by atoms with E-state index in [1.54, 1.807) is 0 Å². The highest BCUT2D eigenvalue weighted by molar-refractivity contribution is 5.94. The highest BCUT2D eigenvalue weighted by Gasteiger charge is 2.15. The summed E-state index contributed by atoms with van der Waals surface area (Å²) in [7, 11) is 0. The van der Waals surface area contributed by atoms with E-state index in [2.05, 4.69) is 15.3 Å². The van der Waals surface area contributed by atoms with Gasteiger partial charge in [0, 0.05) is 18.0 Å². The first kappa shape index (κ1) is 13.9. The predicted molar refractivity (Wildman–Crippen MR) is 61.9 cm³/mol. The van der Waals surface area contributed by atoms with Gasteiger partial charge in [0.1, 0.15) is 17.2 Å². The summed E-state index contributed by atoms with van der Waals surface area (Å²) in [5.41, 5.74) is 7.45. The molecule has 0 aliphatic carbocycles. The fraction of sp³-hybridized carbons (Fsp3) is 0.364. The average molecular weight is 254 g/mol. The van der Waals surface area contributed by atoms with Crippen LogP contribution in [0.5, 0.6) is 0 Å². The van der Waals surface area contributed by atoms with Gasteiger partial charge in [-0.3, -0.25) is 4.79 Å². The van der Waals surface area contributed by atoms with Crippen LogP contribution in [0, 0.1) is 11.6 Å². The van der Waals surface area contributed by atoms with Crippen LogP contribution in [0.1, 0.15) is 23.2 Å². The van der Waals surface area contributed by atoms with Gasteiger partial charge in [0.2, 0.25) is 0 Å². The number of nitrogens with zero attached hydrogens (tertiary/aromatic N) is 3. The second-order valence-electron chi connectivity index (χ2n) is 3.51. The molecule has 0 unspecified atom stereocenters. The van der Waals surface area contributed by atoms with Crippen molar-refractivity contribution in [3.8, 4) is 0 Å². The van der Waals surface area contributed by atoms with Crippen LogP contribution >= 0.6 is 0 Å². The molecular weight excluding hydrogens is 242 g/mol. The highest BCUT2D eigenvalue weighted by Crippen LogP contribution is 2.11. The smallest absolute Gasteiger partial charge is 0.257 e. The number of unbranched alkanes of at least 4 members (excludes halogenated alkanes) is 1. The molecule has 0 fully saturated rings. The van der Waals surface area contributed by atoms with Crippen LogP contribution in [-0.2, 0) is 0 Å². The van der Waals surface area contributed by atoms with Gasteiger partial charge in [-0.05, 0) is 30.5 Å². The maximum absolute atomic E-state index is 13.2. The number of carbonyl (C=O) groups excluding carboxylic acids is 1. The molecule has 7 heteroatoms. The van der Waals surface area contributed by atoms with Crippen LogP contribution in [0.2, 0.25) is 0 Å². The Morgan fingerprint density at radius 2 is 2.00 bits per heavy atom. The lowest BCUT2D eigenvalue weighted by atomic mass is 10.2. The van der Waals surface area contributed by atoms with Crippen molar-refractivity contribution in [3.05, 3.63) is 45.8 Å². The summed E-state index contributed by atoms with van der Waals surface area (Å²) in [5, 5.41) is 5.73. The van der Waals surface area contributed by atoms with Crippen molar-refractivity contribution in [1.82, 2.24) is 5.32 Å². The summed E-state index contributed by atoms with van der Waals surface area (Å²) in [6.07, 6.45) is 1.17. The van der Waals surface area contributed by atoms with Gasteiger partial charge in [0.05, 0.1) is 0 Å². The summed E-state index contributed by atoms with van der Waals surface area (Å²) in [6.45, 7) is 0.605. The molecule has 0 bridgehead atoms. The third-order valence-corrected chi connectivity index (χ3v) is 2.22. The molecule has 1 N–H and O–H groups in total. The molecule has 0 atom stereocenters. The van der Waals surface area contributed by atoms with Crippen LogP contribution in [-0.4, -0.2) is 19.0 Å². The van der Waals surface area contributed by atoms with Crippen LogP contribution in [0.3, 0.4) is 0 Å². The van der Waals surface area contributed by atoms with Gasteiger partial charge in [-0.1, -0.05) is 11.2 Å². The van der Waals surface area contributed by atoms with Gasteiger partial charge in [0.25, 0.3) is 5.91 Å².